The number of carbonyl (C=O) groups excluding carboxylic acids is 4. The number of esters is 2. The molecule has 12 heteroatoms. The van der Waals surface area contributed by atoms with E-state index in [1.165, 1.54) is 60.5 Å². The highest BCUT2D eigenvalue weighted by molar-refractivity contribution is 8.78. The van der Waals surface area contributed by atoms with Crippen LogP contribution < -0.4 is 0 Å². The van der Waals surface area contributed by atoms with Gasteiger partial charge in [-0.3, -0.25) is 19.2 Å². The lowest BCUT2D eigenvalue weighted by Gasteiger charge is -2.58. The Bertz CT molecular complexity index is 1060. The number of rotatable bonds is 2. The van der Waals surface area contributed by atoms with E-state index in [0.29, 0.717) is 11.1 Å². The SMILES string of the molecule is CC(=O)O[C@@H]1C=COC=C2C[C@]34SS[C@@]5(CC6=COC=C[C@@H](OC(C)=O)[C@@H]6N5C3=O)C(=O)N4[C@H]21. The molecule has 5 fully saturated rings. The third-order valence-electron chi connectivity index (χ3n) is 6.76. The van der Waals surface area contributed by atoms with Crippen molar-refractivity contribution >= 4 is 45.3 Å². The van der Waals surface area contributed by atoms with Gasteiger partial charge in [0.2, 0.25) is 0 Å². The van der Waals surface area contributed by atoms with Gasteiger partial charge in [0.25, 0.3) is 11.8 Å². The summed E-state index contributed by atoms with van der Waals surface area (Å²) in [6, 6.07) is -1.32. The van der Waals surface area contributed by atoms with E-state index in [-0.39, 0.29) is 24.7 Å². The first kappa shape index (κ1) is 21.7. The topological polar surface area (TPSA) is 112 Å². The van der Waals surface area contributed by atoms with Crippen LogP contribution in [0.2, 0.25) is 0 Å². The van der Waals surface area contributed by atoms with Crippen LogP contribution in [0.1, 0.15) is 26.7 Å². The van der Waals surface area contributed by atoms with Crippen molar-refractivity contribution in [1.82, 2.24) is 9.80 Å². The van der Waals surface area contributed by atoms with Gasteiger partial charge in [-0.25, -0.2) is 0 Å². The zero-order chi connectivity index (χ0) is 23.8. The van der Waals surface area contributed by atoms with E-state index in [4.69, 9.17) is 18.9 Å². The molecule has 2 bridgehead atoms. The third kappa shape index (κ3) is 2.72. The molecule has 7 aliphatic heterocycles. The lowest BCUT2D eigenvalue weighted by Crippen LogP contribution is -2.77. The van der Waals surface area contributed by atoms with Crippen LogP contribution >= 0.6 is 21.6 Å². The van der Waals surface area contributed by atoms with Gasteiger partial charge < -0.3 is 28.7 Å². The molecule has 0 aromatic heterocycles. The van der Waals surface area contributed by atoms with E-state index in [2.05, 4.69) is 0 Å². The van der Waals surface area contributed by atoms with Gasteiger partial charge >= 0.3 is 11.9 Å². The van der Waals surface area contributed by atoms with E-state index in [9.17, 15) is 19.2 Å². The monoisotopic (exact) mass is 504 g/mol. The summed E-state index contributed by atoms with van der Waals surface area (Å²) >= 11 is 0. The molecule has 10 nitrogen and oxygen atoms in total. The largest absolute Gasteiger partial charge is 0.473 e. The average molecular weight is 505 g/mol. The van der Waals surface area contributed by atoms with Gasteiger partial charge in [-0.2, -0.15) is 0 Å². The highest BCUT2D eigenvalue weighted by atomic mass is 33.1. The number of piperazine rings is 1. The van der Waals surface area contributed by atoms with Crippen molar-refractivity contribution in [2.75, 3.05) is 0 Å². The molecular formula is C22H20N2O8S2. The Kier molecular flexibility index (Phi) is 4.66. The van der Waals surface area contributed by atoms with E-state index in [0.717, 1.165) is 0 Å². The van der Waals surface area contributed by atoms with Crippen molar-refractivity contribution in [2.45, 2.75) is 60.7 Å². The molecule has 7 rings (SSSR count). The Morgan fingerprint density at radius 3 is 1.65 bits per heavy atom. The molecule has 7 aliphatic rings. The van der Waals surface area contributed by atoms with Gasteiger partial charge in [0, 0.05) is 26.7 Å². The zero-order valence-corrected chi connectivity index (χ0v) is 19.8. The first-order chi connectivity index (χ1) is 16.3. The predicted octanol–water partition coefficient (Wildman–Crippen LogP) is 1.71. The Balaban J connectivity index is 1.46. The number of ether oxygens (including phenoxy) is 4. The second-order valence-corrected chi connectivity index (χ2v) is 11.5. The third-order valence-corrected chi connectivity index (χ3v) is 10.3. The fourth-order valence-electron chi connectivity index (χ4n) is 5.62. The molecular weight excluding hydrogens is 484 g/mol. The summed E-state index contributed by atoms with van der Waals surface area (Å²) in [5.41, 5.74) is 1.39. The summed E-state index contributed by atoms with van der Waals surface area (Å²) in [5, 5.41) is 0. The molecule has 2 spiro atoms. The van der Waals surface area contributed by atoms with E-state index < -0.39 is 46.0 Å². The summed E-state index contributed by atoms with van der Waals surface area (Å²) < 4.78 is 21.9. The fourth-order valence-corrected chi connectivity index (χ4v) is 9.33. The quantitative estimate of drug-likeness (QED) is 0.407. The Morgan fingerprint density at radius 2 is 1.26 bits per heavy atom. The maximum absolute atomic E-state index is 14.2. The Labute approximate surface area is 202 Å². The van der Waals surface area contributed by atoms with Crippen LogP contribution in [0.15, 0.2) is 48.3 Å². The lowest BCUT2D eigenvalue weighted by molar-refractivity contribution is -0.171. The molecule has 7 heterocycles. The molecule has 5 saturated heterocycles. The summed E-state index contributed by atoms with van der Waals surface area (Å²) in [5.74, 6) is -1.51. The van der Waals surface area contributed by atoms with Crippen molar-refractivity contribution in [2.24, 2.45) is 0 Å². The summed E-state index contributed by atoms with van der Waals surface area (Å²) in [6.45, 7) is 2.60. The molecule has 0 radical (unpaired) electrons. The molecule has 0 saturated carbocycles. The van der Waals surface area contributed by atoms with Crippen molar-refractivity contribution < 1.29 is 38.1 Å². The summed E-state index contributed by atoms with van der Waals surface area (Å²) in [7, 11) is 2.69. The number of carbonyl (C=O) groups is 4. The minimum atomic E-state index is -1.24. The highest BCUT2D eigenvalue weighted by Crippen LogP contribution is 2.69. The maximum atomic E-state index is 14.2. The van der Waals surface area contributed by atoms with E-state index >= 15 is 0 Å². The molecule has 178 valence electrons. The Morgan fingerprint density at radius 1 is 0.853 bits per heavy atom. The predicted molar refractivity (Wildman–Crippen MR) is 119 cm³/mol. The normalized spacial score (nSPS) is 38.9. The van der Waals surface area contributed by atoms with Crippen LogP contribution in [0.3, 0.4) is 0 Å². The molecule has 0 aliphatic carbocycles. The molecule has 0 unspecified atom stereocenters. The molecule has 0 aromatic rings. The summed E-state index contributed by atoms with van der Waals surface area (Å²) in [6.07, 6.45) is 7.91. The number of fused-ring (bicyclic) bond motifs is 3. The van der Waals surface area contributed by atoms with Crippen LogP contribution in [-0.2, 0) is 38.1 Å². The molecule has 2 amide bonds. The van der Waals surface area contributed by atoms with Crippen LogP contribution in [0.25, 0.3) is 0 Å². The molecule has 34 heavy (non-hydrogen) atoms. The van der Waals surface area contributed by atoms with Crippen molar-refractivity contribution in [3.8, 4) is 0 Å². The van der Waals surface area contributed by atoms with Crippen LogP contribution in [-0.4, -0.2) is 67.6 Å². The first-order valence-corrected chi connectivity index (χ1v) is 12.8. The standard InChI is InChI=1S/C22H20N2O8S2/c1-11(25)31-15-3-5-29-9-13-7-21-20(28)24-18-14(10-30-6-4-16(18)32-12(2)26)8-22(24,34-33-21)19(27)23(21)17(13)15/h3-6,9-10,15-18H,7-8H2,1-2H3/t15-,16-,17-,18-,21+,22+/m1/s1. The Hall–Kier alpha value is -2.86. The van der Waals surface area contributed by atoms with Gasteiger partial charge in [0.1, 0.15) is 12.2 Å². The van der Waals surface area contributed by atoms with Crippen molar-refractivity contribution in [1.29, 1.82) is 0 Å². The molecule has 0 aromatic carbocycles. The first-order valence-electron chi connectivity index (χ1n) is 10.7. The van der Waals surface area contributed by atoms with E-state index in [1.54, 1.807) is 22.0 Å². The van der Waals surface area contributed by atoms with Gasteiger partial charge in [0.05, 0.1) is 37.1 Å². The maximum Gasteiger partial charge on any atom is 0.303 e. The van der Waals surface area contributed by atoms with Crippen molar-refractivity contribution in [3.05, 3.63) is 48.3 Å². The second kappa shape index (κ2) is 7.32. The molecule has 0 N–H and O–H groups in total. The fraction of sp³-hybridized carbons (Fsp3) is 0.455. The van der Waals surface area contributed by atoms with E-state index in [1.807, 2.05) is 0 Å². The number of nitrogens with zero attached hydrogens (tertiary/aromatic N) is 2. The second-order valence-electron chi connectivity index (χ2n) is 8.79. The van der Waals surface area contributed by atoms with Gasteiger partial charge in [-0.05, 0) is 23.3 Å². The van der Waals surface area contributed by atoms with Gasteiger partial charge in [0.15, 0.2) is 9.74 Å². The number of hydrogen-bond acceptors (Lipinski definition) is 10. The van der Waals surface area contributed by atoms with Gasteiger partial charge in [-0.15, -0.1) is 0 Å². The minimum Gasteiger partial charge on any atom is -0.473 e. The van der Waals surface area contributed by atoms with Gasteiger partial charge in [-0.1, -0.05) is 21.6 Å². The summed E-state index contributed by atoms with van der Waals surface area (Å²) in [4.78, 5) is 52.8. The van der Waals surface area contributed by atoms with Crippen LogP contribution in [0.5, 0.6) is 0 Å². The molecule has 6 atom stereocenters. The zero-order valence-electron chi connectivity index (χ0n) is 18.2. The number of hydrogen-bond donors (Lipinski definition) is 0. The van der Waals surface area contributed by atoms with Crippen LogP contribution in [0.4, 0.5) is 0 Å². The van der Waals surface area contributed by atoms with Crippen molar-refractivity contribution in [3.63, 3.8) is 0 Å². The average Bonchev–Trinajstić information content (AvgIpc) is 3.14. The minimum absolute atomic E-state index is 0.224. The lowest BCUT2D eigenvalue weighted by atomic mass is 10.0. The number of amides is 2. The van der Waals surface area contributed by atoms with Crippen LogP contribution in [0, 0.1) is 0 Å². The smallest absolute Gasteiger partial charge is 0.303 e. The highest BCUT2D eigenvalue weighted by Gasteiger charge is 2.77.